The van der Waals surface area contributed by atoms with E-state index in [-0.39, 0.29) is 22.6 Å². The van der Waals surface area contributed by atoms with Crippen LogP contribution in [-0.2, 0) is 21.0 Å². The van der Waals surface area contributed by atoms with E-state index in [0.29, 0.717) is 0 Å². The Hall–Kier alpha value is -2.47. The van der Waals surface area contributed by atoms with E-state index >= 15 is 0 Å². The third-order valence-electron chi connectivity index (χ3n) is 2.68. The lowest BCUT2D eigenvalue weighted by molar-refractivity contribution is 0.102. The van der Waals surface area contributed by atoms with Crippen LogP contribution in [0.4, 0.5) is 32.6 Å². The summed E-state index contributed by atoms with van der Waals surface area (Å²) >= 11 is 0. The highest BCUT2D eigenvalue weighted by atomic mass is 32.3. The minimum absolute atomic E-state index is 0.104. The zero-order valence-corrected chi connectivity index (χ0v) is 13.7. The van der Waals surface area contributed by atoms with Gasteiger partial charge in [0, 0.05) is 11.3 Å². The Morgan fingerprint density at radius 2 is 1.16 bits per heavy atom. The number of carbonyl (C=O) groups is 1. The quantitative estimate of drug-likeness (QED) is 0.602. The summed E-state index contributed by atoms with van der Waals surface area (Å²) in [4.78, 5) is 12.0. The average Bonchev–Trinajstić information content (AvgIpc) is 2.47. The maximum Gasteiger partial charge on any atom is 0.371 e. The zero-order valence-electron chi connectivity index (χ0n) is 12.1. The molecule has 0 aromatic heterocycles. The van der Waals surface area contributed by atoms with E-state index in [2.05, 4.69) is 14.0 Å². The second-order valence-corrected chi connectivity index (χ2v) is 6.48. The van der Waals surface area contributed by atoms with Crippen molar-refractivity contribution < 1.29 is 28.8 Å². The highest BCUT2D eigenvalue weighted by Crippen LogP contribution is 2.21. The van der Waals surface area contributed by atoms with E-state index in [4.69, 9.17) is 0 Å². The van der Waals surface area contributed by atoms with Crippen molar-refractivity contribution in [2.75, 3.05) is 5.32 Å². The number of hydrogen-bond donors (Lipinski definition) is 1. The predicted octanol–water partition coefficient (Wildman–Crippen LogP) is 4.68. The van der Waals surface area contributed by atoms with Crippen LogP contribution in [0, 0.1) is 0 Å². The van der Waals surface area contributed by atoms with Crippen molar-refractivity contribution in [1.82, 2.24) is 0 Å². The topological polar surface area (TPSA) is 88.0 Å². The maximum atomic E-state index is 12.3. The van der Waals surface area contributed by atoms with Crippen LogP contribution in [0.2, 0.25) is 0 Å². The first-order chi connectivity index (χ1) is 11.5. The van der Waals surface area contributed by atoms with Crippen molar-refractivity contribution >= 4 is 44.0 Å². The lowest BCUT2D eigenvalue weighted by atomic mass is 10.2. The molecule has 0 unspecified atom stereocenters. The van der Waals surface area contributed by atoms with Gasteiger partial charge in [-0.25, -0.2) is 0 Å². The molecule has 0 fully saturated rings. The summed E-state index contributed by atoms with van der Waals surface area (Å²) in [6, 6.07) is 9.39. The van der Waals surface area contributed by atoms with Crippen molar-refractivity contribution in [3.63, 3.8) is 0 Å². The van der Waals surface area contributed by atoms with Crippen LogP contribution >= 0.6 is 0 Å². The molecule has 1 N–H and O–H groups in total. The number of halogens is 4. The summed E-state index contributed by atoms with van der Waals surface area (Å²) in [5.74, 6) is -0.600. The number of carbonyl (C=O) groups excluding carboxylic acids is 1. The Morgan fingerprint density at radius 1 is 0.760 bits per heavy atom. The lowest BCUT2D eigenvalue weighted by Gasteiger charge is -2.05. The van der Waals surface area contributed by atoms with Crippen molar-refractivity contribution in [3.05, 3.63) is 54.1 Å². The van der Waals surface area contributed by atoms with Crippen LogP contribution in [0.1, 0.15) is 10.4 Å². The summed E-state index contributed by atoms with van der Waals surface area (Å²) in [5.41, 5.74) is -0.122. The predicted molar refractivity (Wildman–Crippen MR) is 85.7 cm³/mol. The molecule has 0 saturated carbocycles. The fourth-order valence-corrected chi connectivity index (χ4v) is 2.46. The number of nitrogens with zero attached hydrogens (tertiary/aromatic N) is 2. The second-order valence-electron chi connectivity index (χ2n) is 4.52. The largest absolute Gasteiger partial charge is 0.371 e. The first-order valence-electron chi connectivity index (χ1n) is 6.36. The summed E-state index contributed by atoms with van der Waals surface area (Å²) in [6.45, 7) is 0. The van der Waals surface area contributed by atoms with Crippen LogP contribution in [0.5, 0.6) is 0 Å². The Labute approximate surface area is 141 Å². The minimum Gasteiger partial charge on any atom is -0.322 e. The van der Waals surface area contributed by atoms with E-state index in [0.717, 1.165) is 24.3 Å². The first-order valence-corrected chi connectivity index (χ1v) is 8.99. The third kappa shape index (κ3) is 6.51. The van der Waals surface area contributed by atoms with Gasteiger partial charge in [0.2, 0.25) is 0 Å². The molecule has 25 heavy (non-hydrogen) atoms. The SMILES string of the molecule is O=C(Nc1ccc(N=S(=O)(F)F)cc1)c1ccc(N=S(=O)(F)F)cc1. The number of nitrogens with one attached hydrogen (secondary N) is 1. The number of anilines is 1. The molecule has 134 valence electrons. The lowest BCUT2D eigenvalue weighted by Crippen LogP contribution is -2.11. The molecule has 0 heterocycles. The molecule has 0 aliphatic carbocycles. The minimum atomic E-state index is -5.28. The number of rotatable bonds is 4. The highest BCUT2D eigenvalue weighted by molar-refractivity contribution is 7.83. The summed E-state index contributed by atoms with van der Waals surface area (Å²) in [7, 11) is -10.6. The Bertz CT molecular complexity index is 1010. The molecule has 0 spiro atoms. The third-order valence-corrected chi connectivity index (χ3v) is 3.52. The standard InChI is InChI=1S/C13H9F4N3O3S2/c14-24(15,22)19-11-3-1-9(2-4-11)13(21)18-10-5-7-12(8-6-10)20-25(16,17)23/h1-8H,(H,18,21). The fourth-order valence-electron chi connectivity index (χ4n) is 1.73. The molecule has 12 heteroatoms. The molecule has 2 aromatic carbocycles. The van der Waals surface area contributed by atoms with E-state index in [9.17, 15) is 28.8 Å². The zero-order chi connectivity index (χ0) is 18.7. The molecule has 2 aromatic rings. The van der Waals surface area contributed by atoms with Gasteiger partial charge < -0.3 is 5.32 Å². The van der Waals surface area contributed by atoms with Gasteiger partial charge >= 0.3 is 21.0 Å². The first kappa shape index (κ1) is 18.9. The molecule has 0 aliphatic rings. The Balaban J connectivity index is 2.12. The molecule has 0 radical (unpaired) electrons. The number of benzene rings is 2. The van der Waals surface area contributed by atoms with Crippen LogP contribution < -0.4 is 5.32 Å². The summed E-state index contributed by atoms with van der Waals surface area (Å²) in [5, 5.41) is 2.44. The van der Waals surface area contributed by atoms with Crippen LogP contribution in [0.15, 0.2) is 57.3 Å². The van der Waals surface area contributed by atoms with Crippen LogP contribution in [0.3, 0.4) is 0 Å². The summed E-state index contributed by atoms with van der Waals surface area (Å²) in [6.07, 6.45) is 0. The van der Waals surface area contributed by atoms with Crippen molar-refractivity contribution in [2.24, 2.45) is 8.73 Å². The molecular weight excluding hydrogens is 386 g/mol. The number of amides is 1. The normalized spacial score (nSPS) is 11.7. The van der Waals surface area contributed by atoms with Crippen molar-refractivity contribution in [1.29, 1.82) is 0 Å². The van der Waals surface area contributed by atoms with Crippen LogP contribution in [0.25, 0.3) is 0 Å². The van der Waals surface area contributed by atoms with Gasteiger partial charge in [-0.05, 0) is 48.5 Å². The van der Waals surface area contributed by atoms with Crippen molar-refractivity contribution in [2.45, 2.75) is 0 Å². The molecule has 2 rings (SSSR count). The maximum absolute atomic E-state index is 12.3. The van der Waals surface area contributed by atoms with Gasteiger partial charge in [-0.1, -0.05) is 15.5 Å². The second kappa shape index (κ2) is 7.19. The van der Waals surface area contributed by atoms with E-state index in [1.54, 1.807) is 0 Å². The molecule has 6 nitrogen and oxygen atoms in total. The van der Waals surface area contributed by atoms with Gasteiger partial charge in [-0.3, -0.25) is 4.79 Å². The van der Waals surface area contributed by atoms with Gasteiger partial charge in [0.25, 0.3) is 5.91 Å². The smallest absolute Gasteiger partial charge is 0.322 e. The van der Waals surface area contributed by atoms with Gasteiger partial charge in [0.05, 0.1) is 11.4 Å². The van der Waals surface area contributed by atoms with E-state index < -0.39 is 26.9 Å². The van der Waals surface area contributed by atoms with Gasteiger partial charge in [0.1, 0.15) is 0 Å². The summed E-state index contributed by atoms with van der Waals surface area (Å²) < 4.78 is 75.1. The molecule has 0 atom stereocenters. The Morgan fingerprint density at radius 3 is 1.56 bits per heavy atom. The monoisotopic (exact) mass is 395 g/mol. The van der Waals surface area contributed by atoms with E-state index in [1.165, 1.54) is 24.3 Å². The molecule has 0 saturated heterocycles. The molecule has 1 amide bonds. The van der Waals surface area contributed by atoms with E-state index in [1.807, 2.05) is 0 Å². The van der Waals surface area contributed by atoms with Crippen LogP contribution in [-0.4, -0.2) is 14.3 Å². The fraction of sp³-hybridized carbons (Fsp3) is 0. The molecular formula is C13H9F4N3O3S2. The van der Waals surface area contributed by atoms with Gasteiger partial charge in [-0.2, -0.15) is 8.42 Å². The molecule has 0 bridgehead atoms. The Kier molecular flexibility index (Phi) is 5.42. The average molecular weight is 395 g/mol. The molecule has 0 aliphatic heterocycles. The van der Waals surface area contributed by atoms with Gasteiger partial charge in [0.15, 0.2) is 0 Å². The highest BCUT2D eigenvalue weighted by Gasteiger charge is 2.08. The number of hydrogen-bond acceptors (Lipinski definition) is 5. The van der Waals surface area contributed by atoms with Gasteiger partial charge in [-0.15, -0.1) is 8.73 Å². The van der Waals surface area contributed by atoms with Crippen molar-refractivity contribution in [3.8, 4) is 0 Å².